The van der Waals surface area contributed by atoms with Gasteiger partial charge in [0.2, 0.25) is 0 Å². The van der Waals surface area contributed by atoms with E-state index < -0.39 is 20.5 Å². The number of hydrogen-bond donors (Lipinski definition) is 0. The van der Waals surface area contributed by atoms with Crippen molar-refractivity contribution in [1.82, 2.24) is 29.7 Å². The van der Waals surface area contributed by atoms with Crippen LogP contribution in [-0.2, 0) is 78.1 Å². The number of nitrogens with zero attached hydrogens (tertiary/aromatic N) is 6. The standard InChI is InChI=1S/C33H34N6O.C4H8O.2ClHO4.2Cu.H2O/c1-26-18-27(20-38(22-29-10-2-6-14-34-29)23-30-11-3-7-15-35-30)33(40)28(19-26)21-39(24-31-12-4-8-16-36-31)25-32-13-5-9-17-37-32;1-2-4-5-3-1;2*2-1(3,4)5;;;/h2-19,40H,20-25H2,1H3;1-4H2;2*(H,2,3,4,5);;;1H2/q;;;;2*+2;/p-3. The van der Waals surface area contributed by atoms with E-state index in [1.165, 1.54) is 12.8 Å². The summed E-state index contributed by atoms with van der Waals surface area (Å²) < 4.78 is 72.9. The minimum Gasteiger partial charge on any atom is -0.872 e. The molecule has 5 aromatic rings. The molecule has 58 heavy (non-hydrogen) atoms. The summed E-state index contributed by atoms with van der Waals surface area (Å²) in [5, 5.41) is 13.9. The van der Waals surface area contributed by atoms with Crippen molar-refractivity contribution in [2.24, 2.45) is 0 Å². The molecule has 1 fully saturated rings. The zero-order chi connectivity index (χ0) is 40.1. The Hall–Kier alpha value is -3.24. The van der Waals surface area contributed by atoms with E-state index in [1.54, 1.807) is 24.8 Å². The smallest absolute Gasteiger partial charge is 0.872 e. The second-order valence-corrected chi connectivity index (χ2v) is 13.6. The van der Waals surface area contributed by atoms with Gasteiger partial charge in [-0.2, -0.15) is 0 Å². The summed E-state index contributed by atoms with van der Waals surface area (Å²) in [4.78, 5) is 22.5. The van der Waals surface area contributed by atoms with Gasteiger partial charge in [0.25, 0.3) is 0 Å². The maximum atomic E-state index is 13.9. The molecule has 0 spiro atoms. The summed E-state index contributed by atoms with van der Waals surface area (Å²) >= 11 is 0. The molecular weight excluding hydrogens is 902 g/mol. The first-order valence-electron chi connectivity index (χ1n) is 16.8. The monoisotopic (exact) mass is 943 g/mol. The second-order valence-electron chi connectivity index (χ2n) is 12.1. The third-order valence-electron chi connectivity index (χ3n) is 7.45. The molecule has 2 N–H and O–H groups in total. The van der Waals surface area contributed by atoms with Crippen LogP contribution in [0.1, 0.15) is 52.3 Å². The van der Waals surface area contributed by atoms with Crippen LogP contribution < -0.4 is 42.4 Å². The first kappa shape index (κ1) is 54.8. The van der Waals surface area contributed by atoms with Gasteiger partial charge in [-0.25, -0.2) is 37.3 Å². The van der Waals surface area contributed by atoms with Crippen LogP contribution in [0.4, 0.5) is 0 Å². The van der Waals surface area contributed by atoms with E-state index in [9.17, 15) is 5.11 Å². The number of hydrogen-bond acceptors (Lipinski definition) is 16. The van der Waals surface area contributed by atoms with Crippen molar-refractivity contribution in [3.8, 4) is 5.75 Å². The number of ether oxygens (including phenoxy) is 1. The van der Waals surface area contributed by atoms with Crippen molar-refractivity contribution < 1.29 is 107 Å². The zero-order valence-electron chi connectivity index (χ0n) is 31.1. The fourth-order valence-corrected chi connectivity index (χ4v) is 5.37. The Kier molecular flexibility index (Phi) is 27.4. The fourth-order valence-electron chi connectivity index (χ4n) is 5.37. The molecule has 1 aliphatic heterocycles. The number of halogens is 2. The molecule has 0 aliphatic carbocycles. The number of aromatic nitrogens is 4. The van der Waals surface area contributed by atoms with E-state index in [0.29, 0.717) is 39.3 Å². The Morgan fingerprint density at radius 1 is 0.517 bits per heavy atom. The maximum absolute atomic E-state index is 13.9. The van der Waals surface area contributed by atoms with Gasteiger partial charge in [0, 0.05) is 77.3 Å². The van der Waals surface area contributed by atoms with Gasteiger partial charge >= 0.3 is 34.1 Å². The topological polar surface area (TPSA) is 306 Å². The number of pyridine rings is 4. The molecule has 0 unspecified atom stereocenters. The molecular formula is C37H43Cl2Cu2N6O11+. The number of benzene rings is 1. The van der Waals surface area contributed by atoms with Crippen LogP contribution in [0.5, 0.6) is 5.75 Å². The molecule has 0 bridgehead atoms. The minimum atomic E-state index is -4.94. The summed E-state index contributed by atoms with van der Waals surface area (Å²) in [5.74, 6) is 0.0738. The van der Waals surface area contributed by atoms with Gasteiger partial charge in [0.05, 0.1) is 22.8 Å². The van der Waals surface area contributed by atoms with Crippen LogP contribution in [0.15, 0.2) is 110 Å². The van der Waals surface area contributed by atoms with E-state index in [1.807, 2.05) is 84.9 Å². The van der Waals surface area contributed by atoms with Crippen molar-refractivity contribution in [1.29, 1.82) is 0 Å². The van der Waals surface area contributed by atoms with Gasteiger partial charge in [-0.15, -0.1) is 20.5 Å². The van der Waals surface area contributed by atoms with Crippen molar-refractivity contribution in [2.75, 3.05) is 13.2 Å². The quantitative estimate of drug-likeness (QED) is 0.107. The molecule has 1 aliphatic rings. The molecule has 21 heteroatoms. The molecule has 1 aromatic carbocycles. The summed E-state index contributed by atoms with van der Waals surface area (Å²) in [6.45, 7) is 7.52. The third-order valence-corrected chi connectivity index (χ3v) is 7.45. The Labute approximate surface area is 362 Å². The largest absolute Gasteiger partial charge is 2.00 e. The van der Waals surface area contributed by atoms with Crippen LogP contribution in [-0.4, -0.2) is 48.4 Å². The van der Waals surface area contributed by atoms with Gasteiger partial charge < -0.3 is 15.3 Å². The van der Waals surface area contributed by atoms with Crippen molar-refractivity contribution in [3.05, 3.63) is 149 Å². The second kappa shape index (κ2) is 29.1. The Morgan fingerprint density at radius 3 is 1.00 bits per heavy atom. The van der Waals surface area contributed by atoms with E-state index >= 15 is 0 Å². The van der Waals surface area contributed by atoms with Crippen LogP contribution in [0, 0.1) is 27.4 Å². The Morgan fingerprint density at radius 2 is 0.793 bits per heavy atom. The summed E-state index contributed by atoms with van der Waals surface area (Å²) in [5.41, 5.74) is 6.43. The molecule has 1 saturated heterocycles. The van der Waals surface area contributed by atoms with Gasteiger partial charge in [-0.05, 0) is 79.4 Å². The number of aryl methyl sites for hydroxylation is 1. The fraction of sp³-hybridized carbons (Fsp3) is 0.297. The zero-order valence-corrected chi connectivity index (χ0v) is 34.5. The van der Waals surface area contributed by atoms with Crippen LogP contribution >= 0.6 is 0 Å². The van der Waals surface area contributed by atoms with Crippen molar-refractivity contribution in [3.63, 3.8) is 0 Å². The molecule has 2 radical (unpaired) electrons. The maximum Gasteiger partial charge on any atom is 2.00 e. The number of rotatable bonds is 12. The van der Waals surface area contributed by atoms with E-state index in [2.05, 4.69) is 36.7 Å². The average Bonchev–Trinajstić information content (AvgIpc) is 3.72. The van der Waals surface area contributed by atoms with Gasteiger partial charge in [-0.1, -0.05) is 47.7 Å². The predicted molar refractivity (Wildman–Crippen MR) is 177 cm³/mol. The normalized spacial score (nSPS) is 11.9. The Balaban J connectivity index is 0.00000153. The molecule has 0 saturated carbocycles. The first-order chi connectivity index (χ1) is 26.1. The predicted octanol–water partition coefficient (Wildman–Crippen LogP) is -4.49. The van der Waals surface area contributed by atoms with E-state index in [0.717, 1.165) is 52.7 Å². The van der Waals surface area contributed by atoms with Crippen molar-refractivity contribution in [2.45, 2.75) is 59.0 Å². The van der Waals surface area contributed by atoms with Gasteiger partial charge in [-0.3, -0.25) is 29.7 Å². The first-order valence-corrected chi connectivity index (χ1v) is 19.2. The molecule has 6 rings (SSSR count). The average molecular weight is 946 g/mol. The molecule has 322 valence electrons. The van der Waals surface area contributed by atoms with Crippen LogP contribution in [0.2, 0.25) is 0 Å². The molecule has 17 nitrogen and oxygen atoms in total. The van der Waals surface area contributed by atoms with Crippen molar-refractivity contribution >= 4 is 0 Å². The minimum absolute atomic E-state index is 0. The van der Waals surface area contributed by atoms with Gasteiger partial charge in [0.1, 0.15) is 0 Å². The van der Waals surface area contributed by atoms with E-state index in [-0.39, 0.29) is 45.4 Å². The Bertz CT molecular complexity index is 1560. The molecule has 5 heterocycles. The van der Waals surface area contributed by atoms with Crippen LogP contribution in [0.25, 0.3) is 0 Å². The van der Waals surface area contributed by atoms with E-state index in [4.69, 9.17) is 42.0 Å². The SMILES string of the molecule is C1CCOC1.Cc1cc(CN(Cc2ccccn2)Cc2ccccn2)c([O-])c(CN(Cc2ccccn2)Cc2ccccn2)c1.O.[Cu+2].[Cu+2].[O-][Cl+3]([O-])([O-])[O-].[O-][Cl+3]([O-])([O-])[O-]. The summed E-state index contributed by atoms with van der Waals surface area (Å²) in [7, 11) is -9.89. The van der Waals surface area contributed by atoms with Crippen LogP contribution in [0.3, 0.4) is 0 Å². The molecule has 4 aromatic heterocycles. The summed E-state index contributed by atoms with van der Waals surface area (Å²) in [6.07, 6.45) is 9.76. The van der Waals surface area contributed by atoms with Gasteiger partial charge in [0.15, 0.2) is 0 Å². The molecule has 0 amide bonds. The summed E-state index contributed by atoms with van der Waals surface area (Å²) in [6, 6.07) is 27.7. The third kappa shape index (κ3) is 26.0. The molecule has 0 atom stereocenters.